The number of anilines is 1. The van der Waals surface area contributed by atoms with E-state index in [-0.39, 0.29) is 18.0 Å². The Balaban J connectivity index is 2.21. The Hall–Kier alpha value is -0.740. The van der Waals surface area contributed by atoms with Gasteiger partial charge in [-0.1, -0.05) is 0 Å². The number of ether oxygens (including phenoxy) is 1. The first-order chi connectivity index (χ1) is 8.10. The molecule has 0 radical (unpaired) electrons. The van der Waals surface area contributed by atoms with Gasteiger partial charge in [0.1, 0.15) is 5.82 Å². The summed E-state index contributed by atoms with van der Waals surface area (Å²) in [6, 6.07) is 5.44. The highest BCUT2D eigenvalue weighted by Crippen LogP contribution is 2.27. The second-order valence-corrected chi connectivity index (χ2v) is 5.36. The summed E-state index contributed by atoms with van der Waals surface area (Å²) in [6.07, 6.45) is 2.25. The normalized spacial score (nSPS) is 25.1. The predicted octanol–water partition coefficient (Wildman–Crippen LogP) is 3.16. The number of thioether (sulfide) groups is 1. The maximum absolute atomic E-state index is 14.0. The second-order valence-electron chi connectivity index (χ2n) is 4.48. The zero-order valence-electron chi connectivity index (χ0n) is 10.4. The lowest BCUT2D eigenvalue weighted by atomic mass is 10.2. The minimum atomic E-state index is -0.141. The molecule has 0 aromatic heterocycles. The van der Waals surface area contributed by atoms with Crippen LogP contribution in [0, 0.1) is 5.82 Å². The summed E-state index contributed by atoms with van der Waals surface area (Å²) in [5.41, 5.74) is 0.685. The van der Waals surface area contributed by atoms with Crippen molar-refractivity contribution in [2.45, 2.75) is 31.0 Å². The van der Waals surface area contributed by atoms with Gasteiger partial charge in [-0.15, -0.1) is 11.8 Å². The molecule has 1 aliphatic heterocycles. The Morgan fingerprint density at radius 1 is 1.29 bits per heavy atom. The van der Waals surface area contributed by atoms with E-state index in [0.29, 0.717) is 5.69 Å². The quantitative estimate of drug-likeness (QED) is 0.753. The van der Waals surface area contributed by atoms with Crippen LogP contribution in [0.15, 0.2) is 23.1 Å². The molecule has 0 spiro atoms. The van der Waals surface area contributed by atoms with Crippen molar-refractivity contribution in [1.82, 2.24) is 0 Å². The molecule has 1 aromatic carbocycles. The third kappa shape index (κ3) is 2.93. The monoisotopic (exact) mass is 255 g/mol. The molecule has 2 unspecified atom stereocenters. The van der Waals surface area contributed by atoms with Crippen molar-refractivity contribution in [3.63, 3.8) is 0 Å². The molecule has 1 heterocycles. The van der Waals surface area contributed by atoms with E-state index in [1.807, 2.05) is 32.2 Å². The van der Waals surface area contributed by atoms with Crippen LogP contribution in [0.5, 0.6) is 0 Å². The highest BCUT2D eigenvalue weighted by atomic mass is 32.2. The average Bonchev–Trinajstić information content (AvgIpc) is 2.27. The Morgan fingerprint density at radius 2 is 1.94 bits per heavy atom. The summed E-state index contributed by atoms with van der Waals surface area (Å²) in [7, 11) is 0. The number of halogens is 1. The van der Waals surface area contributed by atoms with Gasteiger partial charge in [-0.3, -0.25) is 0 Å². The second kappa shape index (κ2) is 5.27. The van der Waals surface area contributed by atoms with Gasteiger partial charge in [0.25, 0.3) is 0 Å². The molecule has 1 saturated heterocycles. The van der Waals surface area contributed by atoms with Crippen LogP contribution in [-0.2, 0) is 4.74 Å². The standard InChI is InChI=1S/C13H18FNOS/c1-9-7-15(8-10(2)16-9)13-5-4-11(17-3)6-12(13)14/h4-6,9-10H,7-8H2,1-3H3. The molecule has 0 N–H and O–H groups in total. The third-order valence-corrected chi connectivity index (χ3v) is 3.64. The lowest BCUT2D eigenvalue weighted by Gasteiger charge is -2.37. The summed E-state index contributed by atoms with van der Waals surface area (Å²) in [4.78, 5) is 3.03. The van der Waals surface area contributed by atoms with Gasteiger partial charge in [-0.2, -0.15) is 0 Å². The van der Waals surface area contributed by atoms with Gasteiger partial charge in [0.15, 0.2) is 0 Å². The first-order valence-corrected chi connectivity index (χ1v) is 7.06. The smallest absolute Gasteiger partial charge is 0.147 e. The molecule has 0 aliphatic carbocycles. The fourth-order valence-electron chi connectivity index (χ4n) is 2.25. The SMILES string of the molecule is CSc1ccc(N2CC(C)OC(C)C2)c(F)c1. The Bertz CT molecular complexity index is 389. The van der Waals surface area contributed by atoms with Crippen LogP contribution in [0.25, 0.3) is 0 Å². The van der Waals surface area contributed by atoms with Crippen LogP contribution in [0.2, 0.25) is 0 Å². The van der Waals surface area contributed by atoms with Crippen LogP contribution in [0.1, 0.15) is 13.8 Å². The molecule has 1 aliphatic rings. The summed E-state index contributed by atoms with van der Waals surface area (Å²) < 4.78 is 19.6. The number of morpholine rings is 1. The molecule has 1 fully saturated rings. The molecular weight excluding hydrogens is 237 g/mol. The lowest BCUT2D eigenvalue weighted by Crippen LogP contribution is -2.45. The van der Waals surface area contributed by atoms with Crippen LogP contribution < -0.4 is 4.90 Å². The molecule has 4 heteroatoms. The van der Waals surface area contributed by atoms with Crippen LogP contribution in [-0.4, -0.2) is 31.6 Å². The van der Waals surface area contributed by atoms with Gasteiger partial charge >= 0.3 is 0 Å². The third-order valence-electron chi connectivity index (χ3n) is 2.92. The van der Waals surface area contributed by atoms with E-state index in [4.69, 9.17) is 4.74 Å². The summed E-state index contributed by atoms with van der Waals surface area (Å²) >= 11 is 1.56. The number of hydrogen-bond acceptors (Lipinski definition) is 3. The van der Waals surface area contributed by atoms with Crippen molar-refractivity contribution in [2.75, 3.05) is 24.2 Å². The van der Waals surface area contributed by atoms with Crippen molar-refractivity contribution < 1.29 is 9.13 Å². The molecule has 2 nitrogen and oxygen atoms in total. The summed E-state index contributed by atoms with van der Waals surface area (Å²) in [6.45, 7) is 5.55. The molecule has 17 heavy (non-hydrogen) atoms. The number of benzene rings is 1. The van der Waals surface area contributed by atoms with Crippen LogP contribution in [0.3, 0.4) is 0 Å². The van der Waals surface area contributed by atoms with Gasteiger partial charge in [-0.25, -0.2) is 4.39 Å². The number of hydrogen-bond donors (Lipinski definition) is 0. The van der Waals surface area contributed by atoms with E-state index in [0.717, 1.165) is 18.0 Å². The Morgan fingerprint density at radius 3 is 2.47 bits per heavy atom. The van der Waals surface area contributed by atoms with E-state index in [9.17, 15) is 4.39 Å². The highest BCUT2D eigenvalue weighted by Gasteiger charge is 2.24. The van der Waals surface area contributed by atoms with E-state index in [1.54, 1.807) is 17.8 Å². The van der Waals surface area contributed by atoms with E-state index in [2.05, 4.69) is 4.90 Å². The van der Waals surface area contributed by atoms with Crippen molar-refractivity contribution in [2.24, 2.45) is 0 Å². The van der Waals surface area contributed by atoms with Crippen LogP contribution in [0.4, 0.5) is 10.1 Å². The highest BCUT2D eigenvalue weighted by molar-refractivity contribution is 7.98. The molecule has 0 bridgehead atoms. The minimum absolute atomic E-state index is 0.141. The Kier molecular flexibility index (Phi) is 3.94. The zero-order chi connectivity index (χ0) is 12.4. The molecule has 94 valence electrons. The topological polar surface area (TPSA) is 12.5 Å². The van der Waals surface area contributed by atoms with Gasteiger partial charge in [0.05, 0.1) is 17.9 Å². The maximum atomic E-state index is 14.0. The van der Waals surface area contributed by atoms with Gasteiger partial charge in [-0.05, 0) is 38.3 Å². The lowest BCUT2D eigenvalue weighted by molar-refractivity contribution is -0.00539. The fourth-order valence-corrected chi connectivity index (χ4v) is 2.67. The molecule has 2 rings (SSSR count). The summed E-state index contributed by atoms with van der Waals surface area (Å²) in [5, 5.41) is 0. The van der Waals surface area contributed by atoms with E-state index < -0.39 is 0 Å². The average molecular weight is 255 g/mol. The van der Waals surface area contributed by atoms with Gasteiger partial charge < -0.3 is 9.64 Å². The predicted molar refractivity (Wildman–Crippen MR) is 70.4 cm³/mol. The maximum Gasteiger partial charge on any atom is 0.147 e. The van der Waals surface area contributed by atoms with Crippen molar-refractivity contribution in [1.29, 1.82) is 0 Å². The molecule has 0 saturated carbocycles. The van der Waals surface area contributed by atoms with E-state index in [1.165, 1.54) is 0 Å². The van der Waals surface area contributed by atoms with Gasteiger partial charge in [0, 0.05) is 18.0 Å². The Labute approximate surface area is 106 Å². The first kappa shape index (κ1) is 12.7. The van der Waals surface area contributed by atoms with Crippen LogP contribution >= 0.6 is 11.8 Å². The molecule has 1 aromatic rings. The zero-order valence-corrected chi connectivity index (χ0v) is 11.3. The fraction of sp³-hybridized carbons (Fsp3) is 0.538. The molecular formula is C13H18FNOS. The van der Waals surface area contributed by atoms with Crippen molar-refractivity contribution in [3.05, 3.63) is 24.0 Å². The molecule has 2 atom stereocenters. The van der Waals surface area contributed by atoms with Gasteiger partial charge in [0.2, 0.25) is 0 Å². The first-order valence-electron chi connectivity index (χ1n) is 5.84. The summed E-state index contributed by atoms with van der Waals surface area (Å²) in [5.74, 6) is -0.141. The van der Waals surface area contributed by atoms with E-state index >= 15 is 0 Å². The molecule has 0 amide bonds. The largest absolute Gasteiger partial charge is 0.372 e. The van der Waals surface area contributed by atoms with Crippen molar-refractivity contribution >= 4 is 17.4 Å². The number of rotatable bonds is 2. The van der Waals surface area contributed by atoms with Crippen molar-refractivity contribution in [3.8, 4) is 0 Å². The minimum Gasteiger partial charge on any atom is -0.372 e. The number of nitrogens with zero attached hydrogens (tertiary/aromatic N) is 1.